The Balaban J connectivity index is 2.28. The van der Waals surface area contributed by atoms with Crippen molar-refractivity contribution in [2.75, 3.05) is 0 Å². The van der Waals surface area contributed by atoms with Gasteiger partial charge in [-0.3, -0.25) is 0 Å². The molecular weight excluding hydrogens is 212 g/mol. The Morgan fingerprint density at radius 2 is 1.88 bits per heavy atom. The van der Waals surface area contributed by atoms with Crippen molar-refractivity contribution in [2.24, 2.45) is 0 Å². The number of carboxylic acids is 1. The monoisotopic (exact) mass is 226 g/mol. The van der Waals surface area contributed by atoms with Crippen molar-refractivity contribution in [3.63, 3.8) is 0 Å². The van der Waals surface area contributed by atoms with Gasteiger partial charge in [-0.05, 0) is 42.2 Å². The third-order valence-corrected chi connectivity index (χ3v) is 2.83. The molecule has 17 heavy (non-hydrogen) atoms. The zero-order chi connectivity index (χ0) is 12.3. The quantitative estimate of drug-likeness (QED) is 0.872. The predicted octanol–water partition coefficient (Wildman–Crippen LogP) is 3.28. The first-order valence-electron chi connectivity index (χ1n) is 5.53. The lowest BCUT2D eigenvalue weighted by molar-refractivity contribution is 0.0697. The molecule has 0 heterocycles. The van der Waals surface area contributed by atoms with Gasteiger partial charge in [-0.2, -0.15) is 0 Å². The minimum absolute atomic E-state index is 0.344. The summed E-state index contributed by atoms with van der Waals surface area (Å²) in [6, 6.07) is 15.2. The van der Waals surface area contributed by atoms with Crippen LogP contribution in [0.5, 0.6) is 0 Å². The Morgan fingerprint density at radius 1 is 1.12 bits per heavy atom. The molecule has 0 aliphatic rings. The van der Waals surface area contributed by atoms with Gasteiger partial charge in [0.1, 0.15) is 0 Å². The zero-order valence-electron chi connectivity index (χ0n) is 9.68. The van der Waals surface area contributed by atoms with Gasteiger partial charge in [0.05, 0.1) is 5.56 Å². The van der Waals surface area contributed by atoms with E-state index in [-0.39, 0.29) is 0 Å². The number of benzene rings is 2. The van der Waals surface area contributed by atoms with Crippen LogP contribution in [0.3, 0.4) is 0 Å². The second kappa shape index (κ2) is 4.83. The number of carboxylic acid groups (broad SMARTS) is 1. The third-order valence-electron chi connectivity index (χ3n) is 2.83. The summed E-state index contributed by atoms with van der Waals surface area (Å²) in [5.74, 6) is -0.878. The van der Waals surface area contributed by atoms with Crippen LogP contribution in [0.2, 0.25) is 0 Å². The molecule has 0 saturated heterocycles. The fraction of sp³-hybridized carbons (Fsp3) is 0.133. The van der Waals surface area contributed by atoms with Crippen molar-refractivity contribution in [3.8, 4) is 0 Å². The lowest BCUT2D eigenvalue weighted by Gasteiger charge is -2.06. The summed E-state index contributed by atoms with van der Waals surface area (Å²) in [7, 11) is 0. The summed E-state index contributed by atoms with van der Waals surface area (Å²) in [4.78, 5) is 10.9. The van der Waals surface area contributed by atoms with Crippen molar-refractivity contribution in [3.05, 3.63) is 70.8 Å². The molecule has 0 saturated carbocycles. The normalized spacial score (nSPS) is 10.2. The second-order valence-corrected chi connectivity index (χ2v) is 4.11. The maximum Gasteiger partial charge on any atom is 0.335 e. The molecule has 0 aromatic heterocycles. The van der Waals surface area contributed by atoms with Gasteiger partial charge in [0.2, 0.25) is 0 Å². The first kappa shape index (κ1) is 11.4. The van der Waals surface area contributed by atoms with E-state index in [1.165, 1.54) is 11.1 Å². The van der Waals surface area contributed by atoms with Crippen LogP contribution in [0.25, 0.3) is 0 Å². The number of rotatable bonds is 3. The lowest BCUT2D eigenvalue weighted by Crippen LogP contribution is -1.98. The Bertz CT molecular complexity index is 544. The molecule has 0 spiro atoms. The fourth-order valence-electron chi connectivity index (χ4n) is 1.84. The van der Waals surface area contributed by atoms with Gasteiger partial charge in [-0.25, -0.2) is 4.79 Å². The molecule has 2 nitrogen and oxygen atoms in total. The average Bonchev–Trinajstić information content (AvgIpc) is 2.32. The van der Waals surface area contributed by atoms with Crippen LogP contribution in [0.15, 0.2) is 48.5 Å². The summed E-state index contributed by atoms with van der Waals surface area (Å²) in [6.07, 6.45) is 0.772. The topological polar surface area (TPSA) is 37.3 Å². The third kappa shape index (κ3) is 2.72. The van der Waals surface area contributed by atoms with E-state index in [9.17, 15) is 4.79 Å². The van der Waals surface area contributed by atoms with Crippen LogP contribution in [-0.4, -0.2) is 11.1 Å². The van der Waals surface area contributed by atoms with Gasteiger partial charge in [0.15, 0.2) is 0 Å². The molecule has 0 radical (unpaired) electrons. The van der Waals surface area contributed by atoms with Gasteiger partial charge in [-0.15, -0.1) is 0 Å². The first-order valence-corrected chi connectivity index (χ1v) is 5.53. The molecule has 0 aliphatic heterocycles. The van der Waals surface area contributed by atoms with Gasteiger partial charge in [0.25, 0.3) is 0 Å². The predicted molar refractivity (Wildman–Crippen MR) is 67.4 cm³/mol. The zero-order valence-corrected chi connectivity index (χ0v) is 9.68. The minimum atomic E-state index is -0.878. The van der Waals surface area contributed by atoms with Crippen LogP contribution in [-0.2, 0) is 6.42 Å². The number of hydrogen-bond acceptors (Lipinski definition) is 1. The van der Waals surface area contributed by atoms with E-state index < -0.39 is 5.97 Å². The Hall–Kier alpha value is -2.09. The van der Waals surface area contributed by atoms with E-state index in [0.29, 0.717) is 5.56 Å². The van der Waals surface area contributed by atoms with Gasteiger partial charge >= 0.3 is 5.97 Å². The van der Waals surface area contributed by atoms with E-state index in [4.69, 9.17) is 5.11 Å². The molecule has 0 aliphatic carbocycles. The van der Waals surface area contributed by atoms with Crippen molar-refractivity contribution in [1.82, 2.24) is 0 Å². The van der Waals surface area contributed by atoms with Gasteiger partial charge in [0, 0.05) is 0 Å². The largest absolute Gasteiger partial charge is 0.478 e. The summed E-state index contributed by atoms with van der Waals surface area (Å²) >= 11 is 0. The van der Waals surface area contributed by atoms with Crippen molar-refractivity contribution >= 4 is 5.97 Å². The average molecular weight is 226 g/mol. The molecule has 1 N–H and O–H groups in total. The molecule has 0 bridgehead atoms. The molecular formula is C15H14O2. The van der Waals surface area contributed by atoms with E-state index in [2.05, 4.69) is 19.1 Å². The lowest BCUT2D eigenvalue weighted by atomic mass is 9.99. The van der Waals surface area contributed by atoms with E-state index in [1.807, 2.05) is 18.2 Å². The summed E-state index contributed by atoms with van der Waals surface area (Å²) < 4.78 is 0. The molecule has 0 unspecified atom stereocenters. The highest BCUT2D eigenvalue weighted by atomic mass is 16.4. The Morgan fingerprint density at radius 3 is 2.59 bits per heavy atom. The molecule has 0 atom stereocenters. The maximum absolute atomic E-state index is 10.9. The summed E-state index contributed by atoms with van der Waals surface area (Å²) in [5, 5.41) is 8.93. The van der Waals surface area contributed by atoms with E-state index >= 15 is 0 Å². The molecule has 2 aromatic rings. The molecule has 0 fully saturated rings. The number of hydrogen-bond donors (Lipinski definition) is 1. The van der Waals surface area contributed by atoms with Gasteiger partial charge in [-0.1, -0.05) is 36.4 Å². The summed E-state index contributed by atoms with van der Waals surface area (Å²) in [6.45, 7) is 2.07. The SMILES string of the molecule is Cc1ccccc1Cc1cccc(C(=O)O)c1. The van der Waals surface area contributed by atoms with Crippen molar-refractivity contribution in [1.29, 1.82) is 0 Å². The van der Waals surface area contributed by atoms with E-state index in [1.54, 1.807) is 18.2 Å². The minimum Gasteiger partial charge on any atom is -0.478 e. The number of carbonyl (C=O) groups is 1. The molecule has 2 aromatic carbocycles. The Kier molecular flexibility index (Phi) is 3.24. The molecule has 2 heteroatoms. The maximum atomic E-state index is 10.9. The second-order valence-electron chi connectivity index (χ2n) is 4.11. The highest BCUT2D eigenvalue weighted by Gasteiger charge is 2.04. The van der Waals surface area contributed by atoms with Crippen LogP contribution >= 0.6 is 0 Å². The highest BCUT2D eigenvalue weighted by molar-refractivity contribution is 5.87. The van der Waals surface area contributed by atoms with Crippen LogP contribution in [0, 0.1) is 6.92 Å². The highest BCUT2D eigenvalue weighted by Crippen LogP contribution is 2.14. The fourth-order valence-corrected chi connectivity index (χ4v) is 1.84. The van der Waals surface area contributed by atoms with Crippen molar-refractivity contribution < 1.29 is 9.90 Å². The first-order chi connectivity index (χ1) is 8.16. The number of aromatic carboxylic acids is 1. The molecule has 86 valence electrons. The van der Waals surface area contributed by atoms with Crippen LogP contribution in [0.4, 0.5) is 0 Å². The van der Waals surface area contributed by atoms with Crippen LogP contribution in [0.1, 0.15) is 27.0 Å². The Labute approximate surface area is 101 Å². The van der Waals surface area contributed by atoms with E-state index in [0.717, 1.165) is 12.0 Å². The summed E-state index contributed by atoms with van der Waals surface area (Å²) in [5.41, 5.74) is 3.83. The molecule has 0 amide bonds. The number of aryl methyl sites for hydroxylation is 1. The van der Waals surface area contributed by atoms with Gasteiger partial charge < -0.3 is 5.11 Å². The van der Waals surface area contributed by atoms with Crippen LogP contribution < -0.4 is 0 Å². The van der Waals surface area contributed by atoms with Crippen molar-refractivity contribution in [2.45, 2.75) is 13.3 Å². The standard InChI is InChI=1S/C15H14O2/c1-11-5-2-3-7-13(11)9-12-6-4-8-14(10-12)15(16)17/h2-8,10H,9H2,1H3,(H,16,17). The molecule has 2 rings (SSSR count). The smallest absolute Gasteiger partial charge is 0.335 e.